The Bertz CT molecular complexity index is 195. The van der Waals surface area contributed by atoms with Crippen molar-refractivity contribution in [2.24, 2.45) is 11.3 Å². The molecule has 0 aromatic rings. The van der Waals surface area contributed by atoms with Gasteiger partial charge in [0.15, 0.2) is 0 Å². The molecule has 0 spiro atoms. The molecule has 1 aliphatic carbocycles. The highest BCUT2D eigenvalue weighted by Gasteiger charge is 2.37. The largest absolute Gasteiger partial charge is 0.316 e. The van der Waals surface area contributed by atoms with Gasteiger partial charge in [0, 0.05) is 6.04 Å². The van der Waals surface area contributed by atoms with E-state index >= 15 is 0 Å². The Hall–Kier alpha value is -0.0800. The van der Waals surface area contributed by atoms with Crippen molar-refractivity contribution in [3.8, 4) is 0 Å². The van der Waals surface area contributed by atoms with E-state index in [1.807, 2.05) is 0 Å². The van der Waals surface area contributed by atoms with E-state index in [1.165, 1.54) is 51.7 Å². The van der Waals surface area contributed by atoms with Gasteiger partial charge < -0.3 is 10.6 Å². The van der Waals surface area contributed by atoms with Crippen LogP contribution in [0.5, 0.6) is 0 Å². The third-order valence-electron chi connectivity index (χ3n) is 4.36. The molecular formula is C13H26N2. The van der Waals surface area contributed by atoms with Crippen LogP contribution < -0.4 is 10.6 Å². The predicted octanol–water partition coefficient (Wildman–Crippen LogP) is 2.15. The third kappa shape index (κ3) is 2.94. The Morgan fingerprint density at radius 3 is 2.73 bits per heavy atom. The molecule has 2 rings (SSSR count). The van der Waals surface area contributed by atoms with E-state index < -0.39 is 0 Å². The highest BCUT2D eigenvalue weighted by molar-refractivity contribution is 4.94. The number of piperidine rings is 1. The van der Waals surface area contributed by atoms with Gasteiger partial charge in [0.1, 0.15) is 0 Å². The van der Waals surface area contributed by atoms with Gasteiger partial charge in [-0.05, 0) is 63.1 Å². The lowest BCUT2D eigenvalue weighted by molar-refractivity contribution is 0.107. The normalized spacial score (nSPS) is 34.8. The van der Waals surface area contributed by atoms with Crippen molar-refractivity contribution in [3.05, 3.63) is 0 Å². The summed E-state index contributed by atoms with van der Waals surface area (Å²) in [6.45, 7) is 8.47. The quantitative estimate of drug-likeness (QED) is 0.743. The van der Waals surface area contributed by atoms with Crippen LogP contribution in [-0.4, -0.2) is 25.7 Å². The molecule has 88 valence electrons. The highest BCUT2D eigenvalue weighted by atomic mass is 15.0. The maximum Gasteiger partial charge on any atom is 0.0118 e. The van der Waals surface area contributed by atoms with Gasteiger partial charge in [-0.1, -0.05) is 13.8 Å². The summed E-state index contributed by atoms with van der Waals surface area (Å²) in [6, 6.07) is 0.786. The Morgan fingerprint density at radius 2 is 2.20 bits per heavy atom. The van der Waals surface area contributed by atoms with Crippen LogP contribution in [0, 0.1) is 11.3 Å². The van der Waals surface area contributed by atoms with Crippen molar-refractivity contribution >= 4 is 0 Å². The smallest absolute Gasteiger partial charge is 0.0118 e. The van der Waals surface area contributed by atoms with Gasteiger partial charge in [0.2, 0.25) is 0 Å². The lowest BCUT2D eigenvalue weighted by Crippen LogP contribution is -2.50. The summed E-state index contributed by atoms with van der Waals surface area (Å²) in [7, 11) is 0. The lowest BCUT2D eigenvalue weighted by Gasteiger charge is -2.45. The van der Waals surface area contributed by atoms with Crippen LogP contribution in [-0.2, 0) is 0 Å². The van der Waals surface area contributed by atoms with Crippen molar-refractivity contribution in [2.75, 3.05) is 19.6 Å². The topological polar surface area (TPSA) is 24.1 Å². The minimum Gasteiger partial charge on any atom is -0.316 e. The minimum atomic E-state index is 0.560. The molecule has 2 aliphatic rings. The molecule has 15 heavy (non-hydrogen) atoms. The Morgan fingerprint density at radius 1 is 1.33 bits per heavy atom. The fourth-order valence-electron chi connectivity index (χ4n) is 2.88. The average molecular weight is 210 g/mol. The first-order valence-electron chi connectivity index (χ1n) is 6.62. The molecule has 1 aliphatic heterocycles. The molecule has 2 heteroatoms. The van der Waals surface area contributed by atoms with Crippen molar-refractivity contribution in [1.29, 1.82) is 0 Å². The predicted molar refractivity (Wildman–Crippen MR) is 65.0 cm³/mol. The van der Waals surface area contributed by atoms with E-state index in [0.717, 1.165) is 12.0 Å². The van der Waals surface area contributed by atoms with Crippen molar-refractivity contribution in [2.45, 2.75) is 52.0 Å². The second-order valence-corrected chi connectivity index (χ2v) is 6.04. The first-order valence-corrected chi connectivity index (χ1v) is 6.62. The zero-order chi connectivity index (χ0) is 10.7. The van der Waals surface area contributed by atoms with Crippen LogP contribution in [0.2, 0.25) is 0 Å². The van der Waals surface area contributed by atoms with E-state index in [-0.39, 0.29) is 0 Å². The van der Waals surface area contributed by atoms with Crippen LogP contribution in [0.25, 0.3) is 0 Å². The van der Waals surface area contributed by atoms with E-state index in [9.17, 15) is 0 Å². The van der Waals surface area contributed by atoms with Crippen molar-refractivity contribution < 1.29 is 0 Å². The molecule has 2 N–H and O–H groups in total. The van der Waals surface area contributed by atoms with Gasteiger partial charge in [-0.3, -0.25) is 0 Å². The maximum absolute atomic E-state index is 3.73. The van der Waals surface area contributed by atoms with Crippen LogP contribution in [0.1, 0.15) is 46.0 Å². The molecule has 2 nitrogen and oxygen atoms in total. The number of nitrogens with one attached hydrogen (secondary N) is 2. The van der Waals surface area contributed by atoms with E-state index in [0.29, 0.717) is 5.41 Å². The number of rotatable bonds is 4. The van der Waals surface area contributed by atoms with Crippen LogP contribution in [0.3, 0.4) is 0 Å². The van der Waals surface area contributed by atoms with Gasteiger partial charge in [0.05, 0.1) is 0 Å². The Balaban J connectivity index is 1.58. The molecule has 0 amide bonds. The molecule has 2 unspecified atom stereocenters. The second-order valence-electron chi connectivity index (χ2n) is 6.04. The summed E-state index contributed by atoms with van der Waals surface area (Å²) in [5, 5.41) is 7.22. The molecule has 0 aromatic carbocycles. The summed E-state index contributed by atoms with van der Waals surface area (Å²) in [6.07, 6.45) is 6.95. The summed E-state index contributed by atoms with van der Waals surface area (Å²) in [5.41, 5.74) is 0.560. The van der Waals surface area contributed by atoms with Crippen LogP contribution in [0.15, 0.2) is 0 Å². The molecule has 0 bridgehead atoms. The molecule has 1 heterocycles. The summed E-state index contributed by atoms with van der Waals surface area (Å²) in [4.78, 5) is 0. The molecule has 1 saturated carbocycles. The molecule has 1 saturated heterocycles. The SMILES string of the molecule is CC1(C)CCC1NCCC1CCCNC1. The monoisotopic (exact) mass is 210 g/mol. The van der Waals surface area contributed by atoms with Crippen molar-refractivity contribution in [1.82, 2.24) is 10.6 Å². The van der Waals surface area contributed by atoms with E-state index in [4.69, 9.17) is 0 Å². The summed E-state index contributed by atoms with van der Waals surface area (Å²) >= 11 is 0. The maximum atomic E-state index is 3.73. The summed E-state index contributed by atoms with van der Waals surface area (Å²) < 4.78 is 0. The standard InChI is InChI=1S/C13H26N2/c1-13(2)7-5-12(13)15-9-6-11-4-3-8-14-10-11/h11-12,14-15H,3-10H2,1-2H3. The number of hydrogen-bond acceptors (Lipinski definition) is 2. The Labute approximate surface area is 94.2 Å². The molecule has 0 aromatic heterocycles. The van der Waals surface area contributed by atoms with E-state index in [2.05, 4.69) is 24.5 Å². The minimum absolute atomic E-state index is 0.560. The van der Waals surface area contributed by atoms with E-state index in [1.54, 1.807) is 0 Å². The van der Waals surface area contributed by atoms with Gasteiger partial charge in [-0.15, -0.1) is 0 Å². The zero-order valence-corrected chi connectivity index (χ0v) is 10.3. The fourth-order valence-corrected chi connectivity index (χ4v) is 2.88. The van der Waals surface area contributed by atoms with Gasteiger partial charge in [-0.2, -0.15) is 0 Å². The molecule has 0 radical (unpaired) electrons. The van der Waals surface area contributed by atoms with Crippen LogP contribution in [0.4, 0.5) is 0 Å². The first kappa shape index (κ1) is 11.4. The average Bonchev–Trinajstić information content (AvgIpc) is 2.24. The van der Waals surface area contributed by atoms with Gasteiger partial charge in [-0.25, -0.2) is 0 Å². The van der Waals surface area contributed by atoms with Crippen LogP contribution >= 0.6 is 0 Å². The zero-order valence-electron chi connectivity index (χ0n) is 10.3. The molecule has 2 atom stereocenters. The summed E-state index contributed by atoms with van der Waals surface area (Å²) in [5.74, 6) is 0.925. The lowest BCUT2D eigenvalue weighted by atomic mass is 9.67. The first-order chi connectivity index (χ1) is 7.18. The second kappa shape index (κ2) is 4.84. The molecule has 2 fully saturated rings. The Kier molecular flexibility index (Phi) is 3.68. The van der Waals surface area contributed by atoms with Crippen molar-refractivity contribution in [3.63, 3.8) is 0 Å². The highest BCUT2D eigenvalue weighted by Crippen LogP contribution is 2.39. The molecular weight excluding hydrogens is 184 g/mol. The third-order valence-corrected chi connectivity index (χ3v) is 4.36. The van der Waals surface area contributed by atoms with Gasteiger partial charge in [0.25, 0.3) is 0 Å². The van der Waals surface area contributed by atoms with Gasteiger partial charge >= 0.3 is 0 Å². The fraction of sp³-hybridized carbons (Fsp3) is 1.00. The number of hydrogen-bond donors (Lipinski definition) is 2.